The fourth-order valence-electron chi connectivity index (χ4n) is 4.53. The summed E-state index contributed by atoms with van der Waals surface area (Å²) in [6, 6.07) is 15.2. The average molecular weight is 396 g/mol. The van der Waals surface area contributed by atoms with E-state index in [4.69, 9.17) is 0 Å². The molecule has 1 aliphatic rings. The Kier molecular flexibility index (Phi) is 5.83. The number of nitrogens with zero attached hydrogens (tertiary/aromatic N) is 1. The minimum atomic E-state index is -0.662. The number of carbonyl (C=O) groups is 1. The van der Waals surface area contributed by atoms with Crippen LogP contribution >= 0.6 is 0 Å². The van der Waals surface area contributed by atoms with E-state index in [1.165, 1.54) is 28.2 Å². The Morgan fingerprint density at radius 2 is 1.72 bits per heavy atom. The maximum absolute atomic E-state index is 12.3. The van der Waals surface area contributed by atoms with Gasteiger partial charge in [-0.05, 0) is 61.8 Å². The SMILES string of the molecule is CC(C)c1c(C2CC(C)(C(=O)O)C2)c2ccccc2n1C.Cc1ccccc1F. The summed E-state index contributed by atoms with van der Waals surface area (Å²) in [6.07, 6.45) is 1.49. The summed E-state index contributed by atoms with van der Waals surface area (Å²) in [6.45, 7) is 8.04. The lowest BCUT2D eigenvalue weighted by Gasteiger charge is -2.42. The number of halogens is 1. The van der Waals surface area contributed by atoms with E-state index < -0.39 is 11.4 Å². The summed E-state index contributed by atoms with van der Waals surface area (Å²) in [7, 11) is 2.12. The zero-order valence-electron chi connectivity index (χ0n) is 17.9. The van der Waals surface area contributed by atoms with Crippen molar-refractivity contribution in [2.45, 2.75) is 52.4 Å². The molecule has 3 aromatic rings. The predicted octanol–water partition coefficient (Wildman–Crippen LogP) is 6.40. The van der Waals surface area contributed by atoms with Crippen molar-refractivity contribution in [2.24, 2.45) is 12.5 Å². The van der Waals surface area contributed by atoms with Crippen molar-refractivity contribution in [3.05, 3.63) is 71.2 Å². The van der Waals surface area contributed by atoms with Gasteiger partial charge in [0.05, 0.1) is 5.41 Å². The molecule has 29 heavy (non-hydrogen) atoms. The monoisotopic (exact) mass is 395 g/mol. The van der Waals surface area contributed by atoms with Crippen LogP contribution < -0.4 is 0 Å². The lowest BCUT2D eigenvalue weighted by Crippen LogP contribution is -2.40. The van der Waals surface area contributed by atoms with E-state index in [-0.39, 0.29) is 5.82 Å². The molecule has 4 heteroatoms. The molecule has 1 aliphatic carbocycles. The number of carboxylic acid groups (broad SMARTS) is 1. The summed E-state index contributed by atoms with van der Waals surface area (Å²) >= 11 is 0. The number of aromatic nitrogens is 1. The number of aryl methyl sites for hydroxylation is 2. The summed E-state index contributed by atoms with van der Waals surface area (Å²) in [5.41, 5.74) is 4.14. The third-order valence-electron chi connectivity index (χ3n) is 6.13. The van der Waals surface area contributed by atoms with E-state index in [0.717, 1.165) is 12.8 Å². The Balaban J connectivity index is 0.000000252. The fourth-order valence-corrected chi connectivity index (χ4v) is 4.53. The van der Waals surface area contributed by atoms with Crippen molar-refractivity contribution in [3.8, 4) is 0 Å². The van der Waals surface area contributed by atoms with Crippen LogP contribution in [0.4, 0.5) is 4.39 Å². The molecule has 0 radical (unpaired) electrons. The molecule has 3 nitrogen and oxygen atoms in total. The Bertz CT molecular complexity index is 1010. The number of para-hydroxylation sites is 1. The Morgan fingerprint density at radius 1 is 1.14 bits per heavy atom. The van der Waals surface area contributed by atoms with E-state index in [9.17, 15) is 14.3 Å². The molecule has 0 unspecified atom stereocenters. The van der Waals surface area contributed by atoms with Gasteiger partial charge in [0.15, 0.2) is 0 Å². The predicted molar refractivity (Wildman–Crippen MR) is 116 cm³/mol. The van der Waals surface area contributed by atoms with Crippen molar-refractivity contribution in [1.29, 1.82) is 0 Å². The van der Waals surface area contributed by atoms with Crippen LogP contribution in [0.15, 0.2) is 48.5 Å². The van der Waals surface area contributed by atoms with Gasteiger partial charge in [0.1, 0.15) is 5.82 Å². The number of hydrogen-bond acceptors (Lipinski definition) is 1. The second-order valence-corrected chi connectivity index (χ2v) is 8.75. The molecule has 0 saturated heterocycles. The van der Waals surface area contributed by atoms with Gasteiger partial charge >= 0.3 is 5.97 Å². The van der Waals surface area contributed by atoms with E-state index in [2.05, 4.69) is 49.7 Å². The van der Waals surface area contributed by atoms with Crippen molar-refractivity contribution in [1.82, 2.24) is 4.57 Å². The first-order valence-electron chi connectivity index (χ1n) is 10.2. The molecular weight excluding hydrogens is 365 g/mol. The van der Waals surface area contributed by atoms with Crippen molar-refractivity contribution in [2.75, 3.05) is 0 Å². The molecule has 1 aromatic heterocycles. The number of carboxylic acids is 1. The second kappa shape index (κ2) is 8.02. The third-order valence-corrected chi connectivity index (χ3v) is 6.13. The highest BCUT2D eigenvalue weighted by atomic mass is 19.1. The van der Waals surface area contributed by atoms with Crippen LogP contribution in [-0.4, -0.2) is 15.6 Å². The molecular formula is C25H30FNO2. The van der Waals surface area contributed by atoms with Crippen molar-refractivity contribution in [3.63, 3.8) is 0 Å². The Hall–Kier alpha value is -2.62. The number of rotatable bonds is 3. The maximum Gasteiger partial charge on any atom is 0.309 e. The highest BCUT2D eigenvalue weighted by Gasteiger charge is 2.48. The highest BCUT2D eigenvalue weighted by Crippen LogP contribution is 2.54. The van der Waals surface area contributed by atoms with Gasteiger partial charge in [0.2, 0.25) is 0 Å². The van der Waals surface area contributed by atoms with Crippen LogP contribution in [0.1, 0.15) is 62.3 Å². The van der Waals surface area contributed by atoms with Gasteiger partial charge in [-0.15, -0.1) is 0 Å². The second-order valence-electron chi connectivity index (χ2n) is 8.75. The van der Waals surface area contributed by atoms with E-state index >= 15 is 0 Å². The van der Waals surface area contributed by atoms with Gasteiger partial charge in [0, 0.05) is 23.6 Å². The molecule has 0 atom stereocenters. The topological polar surface area (TPSA) is 42.2 Å². The molecule has 2 aromatic carbocycles. The van der Waals surface area contributed by atoms with Gasteiger partial charge in [0.25, 0.3) is 0 Å². The number of fused-ring (bicyclic) bond motifs is 1. The molecule has 4 rings (SSSR count). The smallest absolute Gasteiger partial charge is 0.309 e. The van der Waals surface area contributed by atoms with Crippen LogP contribution in [0, 0.1) is 18.2 Å². The minimum Gasteiger partial charge on any atom is -0.481 e. The first-order valence-corrected chi connectivity index (χ1v) is 10.2. The first-order chi connectivity index (χ1) is 13.7. The highest BCUT2D eigenvalue weighted by molar-refractivity contribution is 5.87. The van der Waals surface area contributed by atoms with E-state index in [1.54, 1.807) is 19.1 Å². The van der Waals surface area contributed by atoms with Gasteiger partial charge in [-0.25, -0.2) is 4.39 Å². The van der Waals surface area contributed by atoms with Gasteiger partial charge in [-0.1, -0.05) is 50.2 Å². The maximum atomic E-state index is 12.3. The summed E-state index contributed by atoms with van der Waals surface area (Å²) in [5.74, 6) is 0.0151. The first kappa shape index (κ1) is 21.1. The lowest BCUT2D eigenvalue weighted by atomic mass is 9.60. The molecule has 1 saturated carbocycles. The molecule has 0 amide bonds. The number of hydrogen-bond donors (Lipinski definition) is 1. The van der Waals surface area contributed by atoms with Gasteiger partial charge in [-0.3, -0.25) is 4.79 Å². The van der Waals surface area contributed by atoms with Gasteiger partial charge < -0.3 is 9.67 Å². The summed E-state index contributed by atoms with van der Waals surface area (Å²) in [4.78, 5) is 11.4. The zero-order chi connectivity index (χ0) is 21.3. The Labute approximate surface area is 172 Å². The van der Waals surface area contributed by atoms with E-state index in [0.29, 0.717) is 17.4 Å². The quantitative estimate of drug-likeness (QED) is 0.557. The van der Waals surface area contributed by atoms with Crippen LogP contribution in [0.2, 0.25) is 0 Å². The van der Waals surface area contributed by atoms with Crippen LogP contribution in [0.25, 0.3) is 10.9 Å². The lowest BCUT2D eigenvalue weighted by molar-refractivity contribution is -0.154. The van der Waals surface area contributed by atoms with Crippen LogP contribution in [0.3, 0.4) is 0 Å². The van der Waals surface area contributed by atoms with E-state index in [1.807, 2.05) is 13.0 Å². The molecule has 1 fully saturated rings. The average Bonchev–Trinajstić information content (AvgIpc) is 2.95. The largest absolute Gasteiger partial charge is 0.481 e. The Morgan fingerprint density at radius 3 is 2.24 bits per heavy atom. The van der Waals surface area contributed by atoms with Crippen LogP contribution in [0.5, 0.6) is 0 Å². The molecule has 1 heterocycles. The molecule has 154 valence electrons. The summed E-state index contributed by atoms with van der Waals surface area (Å²) < 4.78 is 14.6. The molecule has 0 spiro atoms. The normalized spacial score (nSPS) is 20.9. The van der Waals surface area contributed by atoms with Crippen LogP contribution in [-0.2, 0) is 11.8 Å². The molecule has 0 aliphatic heterocycles. The standard InChI is InChI=1S/C18H23NO2.C7H7F/c1-11(2)16-15(12-9-18(3,10-12)17(20)21)13-7-5-6-8-14(13)19(16)4;1-6-4-2-3-5-7(6)8/h5-8,11-12H,9-10H2,1-4H3,(H,20,21);2-5H,1H3. The molecule has 0 bridgehead atoms. The molecule has 1 N–H and O–H groups in total. The summed E-state index contributed by atoms with van der Waals surface area (Å²) in [5, 5.41) is 10.6. The number of benzene rings is 2. The number of aliphatic carboxylic acids is 1. The van der Waals surface area contributed by atoms with Crippen molar-refractivity contribution < 1.29 is 14.3 Å². The third kappa shape index (κ3) is 3.93. The zero-order valence-corrected chi connectivity index (χ0v) is 17.9. The van der Waals surface area contributed by atoms with Gasteiger partial charge in [-0.2, -0.15) is 0 Å². The minimum absolute atomic E-state index is 0.132. The fraction of sp³-hybridized carbons (Fsp3) is 0.400. The van der Waals surface area contributed by atoms with Crippen molar-refractivity contribution >= 4 is 16.9 Å².